The Balaban J connectivity index is 1.99. The van der Waals surface area contributed by atoms with Crippen molar-refractivity contribution in [1.29, 1.82) is 0 Å². The summed E-state index contributed by atoms with van der Waals surface area (Å²) in [6.45, 7) is 9.28. The van der Waals surface area contributed by atoms with E-state index in [9.17, 15) is 14.7 Å². The molecule has 2 fully saturated rings. The number of rotatable bonds is 2. The van der Waals surface area contributed by atoms with E-state index < -0.39 is 11.6 Å². The molecule has 1 saturated carbocycles. The number of likely N-dealkylation sites (tertiary alicyclic amines) is 1. The third-order valence-electron chi connectivity index (χ3n) is 5.74. The van der Waals surface area contributed by atoms with Crippen LogP contribution in [0.1, 0.15) is 40.5 Å². The first-order chi connectivity index (χ1) is 9.08. The number of carbonyl (C=O) groups excluding carboxylic acids is 2. The summed E-state index contributed by atoms with van der Waals surface area (Å²) in [5.41, 5.74) is -1.40. The van der Waals surface area contributed by atoms with Crippen molar-refractivity contribution in [3.63, 3.8) is 0 Å². The lowest BCUT2D eigenvalue weighted by Gasteiger charge is -2.36. The molecular formula is C15H25NO4. The molecule has 1 heterocycles. The first-order valence-corrected chi connectivity index (χ1v) is 7.17. The van der Waals surface area contributed by atoms with Crippen molar-refractivity contribution in [2.24, 2.45) is 16.7 Å². The molecule has 20 heavy (non-hydrogen) atoms. The van der Waals surface area contributed by atoms with Gasteiger partial charge in [-0.25, -0.2) is 4.79 Å². The third-order valence-corrected chi connectivity index (χ3v) is 5.74. The highest BCUT2D eigenvalue weighted by Crippen LogP contribution is 2.68. The topological polar surface area (TPSA) is 66.8 Å². The Morgan fingerprint density at radius 3 is 1.90 bits per heavy atom. The third kappa shape index (κ3) is 2.03. The van der Waals surface area contributed by atoms with E-state index in [1.54, 1.807) is 4.90 Å². The molecule has 0 aromatic carbocycles. The Morgan fingerprint density at radius 1 is 1.10 bits per heavy atom. The van der Waals surface area contributed by atoms with E-state index in [-0.39, 0.29) is 35.5 Å². The molecule has 0 bridgehead atoms. The smallest absolute Gasteiger partial charge is 0.337 e. The number of methoxy groups -OCH3 is 1. The lowest BCUT2D eigenvalue weighted by molar-refractivity contribution is -0.169. The molecule has 5 heteroatoms. The van der Waals surface area contributed by atoms with Gasteiger partial charge in [0, 0.05) is 31.8 Å². The molecule has 114 valence electrons. The maximum Gasteiger partial charge on any atom is 0.337 e. The van der Waals surface area contributed by atoms with Crippen molar-refractivity contribution in [2.45, 2.75) is 46.1 Å². The van der Waals surface area contributed by atoms with E-state index in [0.29, 0.717) is 13.1 Å². The first kappa shape index (κ1) is 15.3. The highest BCUT2D eigenvalue weighted by molar-refractivity contribution is 5.85. The zero-order valence-corrected chi connectivity index (χ0v) is 13.0. The van der Waals surface area contributed by atoms with Crippen LogP contribution in [0.3, 0.4) is 0 Å². The van der Waals surface area contributed by atoms with E-state index in [0.717, 1.165) is 0 Å². The second kappa shape index (κ2) is 4.45. The fourth-order valence-corrected chi connectivity index (χ4v) is 3.49. The van der Waals surface area contributed by atoms with E-state index in [2.05, 4.69) is 32.4 Å². The van der Waals surface area contributed by atoms with Gasteiger partial charge in [-0.1, -0.05) is 27.7 Å². The molecule has 1 saturated heterocycles. The molecule has 1 N–H and O–H groups in total. The zero-order valence-electron chi connectivity index (χ0n) is 13.0. The lowest BCUT2D eigenvalue weighted by Crippen LogP contribution is -2.51. The molecule has 2 rings (SSSR count). The molecule has 0 aromatic rings. The van der Waals surface area contributed by atoms with E-state index >= 15 is 0 Å². The Bertz CT molecular complexity index is 419. The quantitative estimate of drug-likeness (QED) is 0.773. The van der Waals surface area contributed by atoms with Crippen molar-refractivity contribution in [3.8, 4) is 0 Å². The number of carbonyl (C=O) groups is 2. The summed E-state index contributed by atoms with van der Waals surface area (Å²) in [4.78, 5) is 25.9. The number of nitrogens with zero attached hydrogens (tertiary/aromatic N) is 1. The molecule has 1 aliphatic carbocycles. The van der Waals surface area contributed by atoms with Gasteiger partial charge in [-0.2, -0.15) is 0 Å². The number of ether oxygens (including phenoxy) is 1. The molecule has 5 nitrogen and oxygen atoms in total. The molecule has 0 radical (unpaired) electrons. The predicted molar refractivity (Wildman–Crippen MR) is 73.8 cm³/mol. The second-order valence-corrected chi connectivity index (χ2v) is 7.22. The van der Waals surface area contributed by atoms with E-state index in [4.69, 9.17) is 0 Å². The van der Waals surface area contributed by atoms with Crippen molar-refractivity contribution in [2.75, 3.05) is 20.2 Å². The summed E-state index contributed by atoms with van der Waals surface area (Å²) >= 11 is 0. The van der Waals surface area contributed by atoms with Crippen LogP contribution >= 0.6 is 0 Å². The highest BCUT2D eigenvalue weighted by atomic mass is 16.5. The molecular weight excluding hydrogens is 258 g/mol. The fraction of sp³-hybridized carbons (Fsp3) is 0.867. The number of piperidine rings is 1. The van der Waals surface area contributed by atoms with Gasteiger partial charge < -0.3 is 14.7 Å². The van der Waals surface area contributed by atoms with Gasteiger partial charge in [0.05, 0.1) is 7.11 Å². The Labute approximate surface area is 120 Å². The van der Waals surface area contributed by atoms with Crippen molar-refractivity contribution < 1.29 is 19.4 Å². The second-order valence-electron chi connectivity index (χ2n) is 7.22. The SMILES string of the molecule is COC(=O)C1(O)CCN(C(=O)C2C(C)(C)C2(C)C)CC1. The van der Waals surface area contributed by atoms with Gasteiger partial charge >= 0.3 is 5.97 Å². The summed E-state index contributed by atoms with van der Waals surface area (Å²) < 4.78 is 4.62. The molecule has 2 aliphatic rings. The van der Waals surface area contributed by atoms with Gasteiger partial charge in [0.2, 0.25) is 5.91 Å². The van der Waals surface area contributed by atoms with Gasteiger partial charge in [0.15, 0.2) is 5.60 Å². The van der Waals surface area contributed by atoms with Crippen LogP contribution in [0, 0.1) is 16.7 Å². The molecule has 0 atom stereocenters. The number of esters is 1. The van der Waals surface area contributed by atoms with Crippen molar-refractivity contribution in [3.05, 3.63) is 0 Å². The van der Waals surface area contributed by atoms with Crippen molar-refractivity contribution >= 4 is 11.9 Å². The summed E-state index contributed by atoms with van der Waals surface area (Å²) in [7, 11) is 1.27. The van der Waals surface area contributed by atoms with Gasteiger partial charge in [0.25, 0.3) is 0 Å². The first-order valence-electron chi connectivity index (χ1n) is 7.17. The summed E-state index contributed by atoms with van der Waals surface area (Å²) in [5, 5.41) is 10.2. The van der Waals surface area contributed by atoms with E-state index in [1.807, 2.05) is 0 Å². The van der Waals surface area contributed by atoms with Crippen LogP contribution in [0.25, 0.3) is 0 Å². The maximum absolute atomic E-state index is 12.6. The number of hydrogen-bond donors (Lipinski definition) is 1. The maximum atomic E-state index is 12.6. The number of amides is 1. The Kier molecular flexibility index (Phi) is 3.40. The summed E-state index contributed by atoms with van der Waals surface area (Å²) in [6.07, 6.45) is 0.498. The molecule has 1 amide bonds. The van der Waals surface area contributed by atoms with Crippen LogP contribution in [0.15, 0.2) is 0 Å². The minimum atomic E-state index is -1.43. The average molecular weight is 283 g/mol. The van der Waals surface area contributed by atoms with Crippen LogP contribution in [-0.2, 0) is 14.3 Å². The van der Waals surface area contributed by atoms with Crippen LogP contribution in [0.2, 0.25) is 0 Å². The minimum absolute atomic E-state index is 0.0141. The average Bonchev–Trinajstić information content (AvgIpc) is 2.78. The Hall–Kier alpha value is -1.10. The van der Waals surface area contributed by atoms with Gasteiger partial charge in [-0.3, -0.25) is 4.79 Å². The number of hydrogen-bond acceptors (Lipinski definition) is 4. The van der Waals surface area contributed by atoms with Crippen LogP contribution in [0.4, 0.5) is 0 Å². The zero-order chi connectivity index (χ0) is 15.3. The fourth-order valence-electron chi connectivity index (χ4n) is 3.49. The Morgan fingerprint density at radius 2 is 1.55 bits per heavy atom. The minimum Gasteiger partial charge on any atom is -0.467 e. The van der Waals surface area contributed by atoms with Gasteiger partial charge in [-0.05, 0) is 10.8 Å². The van der Waals surface area contributed by atoms with E-state index in [1.165, 1.54) is 7.11 Å². The van der Waals surface area contributed by atoms with Crippen molar-refractivity contribution in [1.82, 2.24) is 4.90 Å². The summed E-state index contributed by atoms with van der Waals surface area (Å²) in [5.74, 6) is -0.428. The molecule has 1 aliphatic heterocycles. The summed E-state index contributed by atoms with van der Waals surface area (Å²) in [6, 6.07) is 0. The van der Waals surface area contributed by atoms with Crippen LogP contribution < -0.4 is 0 Å². The molecule has 0 aromatic heterocycles. The van der Waals surface area contributed by atoms with Crippen LogP contribution in [-0.4, -0.2) is 47.7 Å². The largest absolute Gasteiger partial charge is 0.467 e. The normalized spacial score (nSPS) is 27.0. The molecule has 0 spiro atoms. The number of aliphatic hydroxyl groups is 1. The highest BCUT2D eigenvalue weighted by Gasteiger charge is 2.69. The van der Waals surface area contributed by atoms with Gasteiger partial charge in [-0.15, -0.1) is 0 Å². The monoisotopic (exact) mass is 283 g/mol. The predicted octanol–water partition coefficient (Wildman–Crippen LogP) is 1.20. The standard InChI is InChI=1S/C15H25NO4/c1-13(2)10(14(13,3)4)11(17)16-8-6-15(19,7-9-16)12(18)20-5/h10,19H,6-9H2,1-5H3. The molecule has 0 unspecified atom stereocenters. The van der Waals surface area contributed by atoms with Gasteiger partial charge in [0.1, 0.15) is 0 Å². The lowest BCUT2D eigenvalue weighted by atomic mass is 9.91. The van der Waals surface area contributed by atoms with Crippen LogP contribution in [0.5, 0.6) is 0 Å².